The van der Waals surface area contributed by atoms with Crippen molar-refractivity contribution in [2.24, 2.45) is 0 Å². The van der Waals surface area contributed by atoms with E-state index in [0.717, 1.165) is 0 Å². The molecule has 0 saturated carbocycles. The van der Waals surface area contributed by atoms with Crippen LogP contribution in [0.3, 0.4) is 0 Å². The van der Waals surface area contributed by atoms with Gasteiger partial charge in [0, 0.05) is 16.4 Å². The van der Waals surface area contributed by atoms with Crippen molar-refractivity contribution in [2.75, 3.05) is 17.2 Å². The maximum absolute atomic E-state index is 11.8. The summed E-state index contributed by atoms with van der Waals surface area (Å²) in [6, 6.07) is 13.7. The summed E-state index contributed by atoms with van der Waals surface area (Å²) in [5.74, 6) is -0.196. The van der Waals surface area contributed by atoms with E-state index in [-0.39, 0.29) is 12.5 Å². The Hall–Kier alpha value is -2.22. The number of halogens is 2. The highest BCUT2D eigenvalue weighted by Gasteiger charge is 2.04. The van der Waals surface area contributed by atoms with Gasteiger partial charge in [0.25, 0.3) is 0 Å². The van der Waals surface area contributed by atoms with Crippen LogP contribution in [0, 0.1) is 11.3 Å². The second kappa shape index (κ2) is 6.98. The number of benzene rings is 2. The number of nitriles is 1. The van der Waals surface area contributed by atoms with Gasteiger partial charge >= 0.3 is 0 Å². The Morgan fingerprint density at radius 3 is 2.38 bits per heavy atom. The lowest BCUT2D eigenvalue weighted by Gasteiger charge is -2.08. The average molecular weight is 320 g/mol. The second-order valence-corrected chi connectivity index (χ2v) is 5.06. The summed E-state index contributed by atoms with van der Waals surface area (Å²) in [7, 11) is 0. The highest BCUT2D eigenvalue weighted by Crippen LogP contribution is 2.20. The van der Waals surface area contributed by atoms with Gasteiger partial charge in [-0.25, -0.2) is 0 Å². The van der Waals surface area contributed by atoms with E-state index < -0.39 is 0 Å². The van der Waals surface area contributed by atoms with Gasteiger partial charge < -0.3 is 10.6 Å². The molecular formula is C15H11Cl2N3O. The van der Waals surface area contributed by atoms with Gasteiger partial charge in [0.05, 0.1) is 17.1 Å². The highest BCUT2D eigenvalue weighted by atomic mass is 35.5. The highest BCUT2D eigenvalue weighted by molar-refractivity contribution is 6.32. The number of carbonyl (C=O) groups excluding carboxylic acids is 1. The van der Waals surface area contributed by atoms with Gasteiger partial charge in [0.15, 0.2) is 0 Å². The van der Waals surface area contributed by atoms with Crippen LogP contribution >= 0.6 is 23.2 Å². The normalized spacial score (nSPS) is 9.76. The lowest BCUT2D eigenvalue weighted by molar-refractivity contribution is -0.114. The van der Waals surface area contributed by atoms with Crippen LogP contribution in [0.1, 0.15) is 5.56 Å². The number of nitrogens with zero attached hydrogens (tertiary/aromatic N) is 1. The minimum Gasteiger partial charge on any atom is -0.376 e. The summed E-state index contributed by atoms with van der Waals surface area (Å²) >= 11 is 11.7. The van der Waals surface area contributed by atoms with Crippen LogP contribution in [0.15, 0.2) is 42.5 Å². The first-order valence-corrected chi connectivity index (χ1v) is 6.83. The maximum atomic E-state index is 11.8. The number of anilines is 2. The standard InChI is InChI=1S/C15H11Cl2N3O/c16-11-2-5-12(6-3-11)20-15(21)9-19-13-4-1-10(8-18)14(17)7-13/h1-7,19H,9H2,(H,20,21). The van der Waals surface area contributed by atoms with Crippen LogP contribution in [0.4, 0.5) is 11.4 Å². The molecule has 2 aromatic carbocycles. The molecule has 1 amide bonds. The van der Waals surface area contributed by atoms with E-state index in [1.807, 2.05) is 6.07 Å². The summed E-state index contributed by atoms with van der Waals surface area (Å²) in [5, 5.41) is 15.4. The molecule has 0 heterocycles. The van der Waals surface area contributed by atoms with Crippen LogP contribution in [-0.2, 0) is 4.79 Å². The Kier molecular flexibility index (Phi) is 5.04. The number of rotatable bonds is 4. The molecule has 0 aliphatic carbocycles. The topological polar surface area (TPSA) is 64.9 Å². The second-order valence-electron chi connectivity index (χ2n) is 4.22. The molecule has 0 spiro atoms. The lowest BCUT2D eigenvalue weighted by Crippen LogP contribution is -2.21. The first kappa shape index (κ1) is 15.2. The Morgan fingerprint density at radius 2 is 1.76 bits per heavy atom. The van der Waals surface area contributed by atoms with Crippen molar-refractivity contribution >= 4 is 40.5 Å². The minimum atomic E-state index is -0.196. The number of amides is 1. The molecule has 21 heavy (non-hydrogen) atoms. The first-order valence-electron chi connectivity index (χ1n) is 6.07. The molecule has 0 aliphatic heterocycles. The van der Waals surface area contributed by atoms with Crippen LogP contribution in [0.2, 0.25) is 10.0 Å². The van der Waals surface area contributed by atoms with Gasteiger partial charge in [-0.2, -0.15) is 5.26 Å². The van der Waals surface area contributed by atoms with Gasteiger partial charge in [-0.1, -0.05) is 23.2 Å². The molecule has 0 aromatic heterocycles. The van der Waals surface area contributed by atoms with Gasteiger partial charge in [-0.05, 0) is 42.5 Å². The Labute approximate surface area is 132 Å². The van der Waals surface area contributed by atoms with E-state index >= 15 is 0 Å². The minimum absolute atomic E-state index is 0.0882. The fourth-order valence-electron chi connectivity index (χ4n) is 1.64. The predicted octanol–water partition coefficient (Wildman–Crippen LogP) is 3.92. The van der Waals surface area contributed by atoms with Crippen molar-refractivity contribution in [3.63, 3.8) is 0 Å². The van der Waals surface area contributed by atoms with Gasteiger partial charge in [-0.15, -0.1) is 0 Å². The van der Waals surface area contributed by atoms with Crippen molar-refractivity contribution in [1.29, 1.82) is 5.26 Å². The maximum Gasteiger partial charge on any atom is 0.243 e. The van der Waals surface area contributed by atoms with E-state index in [0.29, 0.717) is 27.0 Å². The molecule has 0 fully saturated rings. The monoisotopic (exact) mass is 319 g/mol. The summed E-state index contributed by atoms with van der Waals surface area (Å²) in [4.78, 5) is 11.8. The Bertz CT molecular complexity index is 693. The zero-order valence-corrected chi connectivity index (χ0v) is 12.4. The van der Waals surface area contributed by atoms with Gasteiger partial charge in [-0.3, -0.25) is 4.79 Å². The van der Waals surface area contributed by atoms with Crippen molar-refractivity contribution in [3.8, 4) is 6.07 Å². The molecule has 0 saturated heterocycles. The van der Waals surface area contributed by atoms with E-state index in [2.05, 4.69) is 10.6 Å². The third-order valence-corrected chi connectivity index (χ3v) is 3.24. The molecular weight excluding hydrogens is 309 g/mol. The van der Waals surface area contributed by atoms with Gasteiger partial charge in [0.2, 0.25) is 5.91 Å². The molecule has 0 radical (unpaired) electrons. The fourth-order valence-corrected chi connectivity index (χ4v) is 1.99. The zero-order chi connectivity index (χ0) is 15.2. The third-order valence-electron chi connectivity index (χ3n) is 2.67. The van der Waals surface area contributed by atoms with E-state index in [9.17, 15) is 4.79 Å². The average Bonchev–Trinajstić information content (AvgIpc) is 2.48. The van der Waals surface area contributed by atoms with Gasteiger partial charge in [0.1, 0.15) is 6.07 Å². The quantitative estimate of drug-likeness (QED) is 0.897. The van der Waals surface area contributed by atoms with E-state index in [1.165, 1.54) is 0 Å². The van der Waals surface area contributed by atoms with Crippen molar-refractivity contribution in [2.45, 2.75) is 0 Å². The van der Waals surface area contributed by atoms with Crippen molar-refractivity contribution < 1.29 is 4.79 Å². The SMILES string of the molecule is N#Cc1ccc(NCC(=O)Nc2ccc(Cl)cc2)cc1Cl. The molecule has 106 valence electrons. The largest absolute Gasteiger partial charge is 0.376 e. The Morgan fingerprint density at radius 1 is 1.10 bits per heavy atom. The fraction of sp³-hybridized carbons (Fsp3) is 0.0667. The molecule has 0 unspecified atom stereocenters. The summed E-state index contributed by atoms with van der Waals surface area (Å²) in [6.45, 7) is 0.0882. The molecule has 0 bridgehead atoms. The number of nitrogens with one attached hydrogen (secondary N) is 2. The molecule has 2 aromatic rings. The zero-order valence-electron chi connectivity index (χ0n) is 10.9. The van der Waals surface area contributed by atoms with E-state index in [1.54, 1.807) is 42.5 Å². The third kappa shape index (κ3) is 4.38. The molecule has 2 N–H and O–H groups in total. The molecule has 0 aliphatic rings. The summed E-state index contributed by atoms with van der Waals surface area (Å²) in [5.41, 5.74) is 1.74. The molecule has 2 rings (SSSR count). The number of hydrogen-bond donors (Lipinski definition) is 2. The first-order chi connectivity index (χ1) is 10.1. The van der Waals surface area contributed by atoms with Crippen molar-refractivity contribution in [1.82, 2.24) is 0 Å². The molecule has 6 heteroatoms. The summed E-state index contributed by atoms with van der Waals surface area (Å²) < 4.78 is 0. The smallest absolute Gasteiger partial charge is 0.243 e. The molecule has 4 nitrogen and oxygen atoms in total. The van der Waals surface area contributed by atoms with Crippen LogP contribution in [0.5, 0.6) is 0 Å². The Balaban J connectivity index is 1.91. The van der Waals surface area contributed by atoms with Crippen molar-refractivity contribution in [3.05, 3.63) is 58.1 Å². The van der Waals surface area contributed by atoms with Crippen LogP contribution < -0.4 is 10.6 Å². The number of carbonyl (C=O) groups is 1. The van der Waals surface area contributed by atoms with Crippen LogP contribution in [0.25, 0.3) is 0 Å². The molecule has 0 atom stereocenters. The number of hydrogen-bond acceptors (Lipinski definition) is 3. The summed E-state index contributed by atoms with van der Waals surface area (Å²) in [6.07, 6.45) is 0. The van der Waals surface area contributed by atoms with Crippen LogP contribution in [-0.4, -0.2) is 12.5 Å². The van der Waals surface area contributed by atoms with E-state index in [4.69, 9.17) is 28.5 Å². The predicted molar refractivity (Wildman–Crippen MR) is 84.7 cm³/mol. The lowest BCUT2D eigenvalue weighted by atomic mass is 10.2.